The predicted molar refractivity (Wildman–Crippen MR) is 181 cm³/mol. The van der Waals surface area contributed by atoms with Crippen LogP contribution in [0.4, 0.5) is 0 Å². The van der Waals surface area contributed by atoms with Gasteiger partial charge < -0.3 is 0 Å². The van der Waals surface area contributed by atoms with Crippen LogP contribution < -0.4 is 0 Å². The van der Waals surface area contributed by atoms with Crippen LogP contribution in [-0.4, -0.2) is 5.78 Å². The third kappa shape index (κ3) is 3.50. The molecule has 2 bridgehead atoms. The summed E-state index contributed by atoms with van der Waals surface area (Å²) in [6, 6.07) is 63.1. The van der Waals surface area contributed by atoms with E-state index in [4.69, 9.17) is 0 Å². The van der Waals surface area contributed by atoms with Crippen molar-refractivity contribution in [3.05, 3.63) is 215 Å². The summed E-state index contributed by atoms with van der Waals surface area (Å²) in [6.45, 7) is 0. The molecule has 0 fully saturated rings. The van der Waals surface area contributed by atoms with E-state index in [2.05, 4.69) is 146 Å². The molecule has 1 nitrogen and oxygen atoms in total. The number of Topliss-reactive ketones (excluding diaryl/α,β-unsaturated/α-hetero) is 1. The molecule has 6 aromatic rings. The first-order valence-electron chi connectivity index (χ1n) is 15.2. The molecule has 0 saturated carbocycles. The fraction of sp³-hybridized carbons (Fsp3) is 0.0465. The van der Waals surface area contributed by atoms with Gasteiger partial charge in [0.2, 0.25) is 0 Å². The average molecular weight is 563 g/mol. The van der Waals surface area contributed by atoms with E-state index < -0.39 is 10.8 Å². The van der Waals surface area contributed by atoms with Crippen LogP contribution in [0.3, 0.4) is 0 Å². The number of fused-ring (bicyclic) bond motifs is 2. The fourth-order valence-corrected chi connectivity index (χ4v) is 7.81. The average Bonchev–Trinajstić information content (AvgIpc) is 3.50. The Morgan fingerprint density at radius 1 is 0.273 bits per heavy atom. The van der Waals surface area contributed by atoms with Gasteiger partial charge in [-0.2, -0.15) is 0 Å². The molecule has 0 heterocycles. The second-order valence-corrected chi connectivity index (χ2v) is 11.5. The highest BCUT2D eigenvalue weighted by Crippen LogP contribution is 2.74. The first kappa shape index (κ1) is 26.1. The van der Waals surface area contributed by atoms with Crippen LogP contribution >= 0.6 is 0 Å². The van der Waals surface area contributed by atoms with E-state index in [1.54, 1.807) is 0 Å². The zero-order chi connectivity index (χ0) is 29.6. The Morgan fingerprint density at radius 3 is 0.705 bits per heavy atom. The Balaban J connectivity index is 1.68. The van der Waals surface area contributed by atoms with Crippen LogP contribution in [0.25, 0.3) is 22.3 Å². The number of hydrogen-bond donors (Lipinski definition) is 0. The number of allylic oxidation sites excluding steroid dienone is 4. The van der Waals surface area contributed by atoms with Crippen LogP contribution in [0.1, 0.15) is 33.4 Å². The van der Waals surface area contributed by atoms with Crippen molar-refractivity contribution in [1.29, 1.82) is 0 Å². The molecule has 0 radical (unpaired) electrons. The molecule has 0 spiro atoms. The standard InChI is InChI=1S/C43H30O/c44-41-42(35-27-15-5-16-28-35)37(31-19-7-1-8-20-31)38(32-21-9-2-10-22-32)43(41,36-29-17-6-18-30-36)40(34-25-13-4-14-26-34)39(42)33-23-11-3-12-24-33/h1-30H. The van der Waals surface area contributed by atoms with Crippen molar-refractivity contribution in [2.24, 2.45) is 0 Å². The van der Waals surface area contributed by atoms with Crippen LogP contribution in [0.2, 0.25) is 0 Å². The minimum Gasteiger partial charge on any atom is -0.296 e. The predicted octanol–water partition coefficient (Wildman–Crippen LogP) is 9.68. The molecule has 0 saturated heterocycles. The molecule has 0 aromatic heterocycles. The number of benzene rings is 6. The first-order valence-corrected chi connectivity index (χ1v) is 15.2. The molecular formula is C43H30O. The van der Waals surface area contributed by atoms with Gasteiger partial charge in [-0.3, -0.25) is 4.79 Å². The van der Waals surface area contributed by atoms with Crippen molar-refractivity contribution in [3.63, 3.8) is 0 Å². The zero-order valence-corrected chi connectivity index (χ0v) is 24.2. The topological polar surface area (TPSA) is 17.1 Å². The molecular weight excluding hydrogens is 532 g/mol. The summed E-state index contributed by atoms with van der Waals surface area (Å²) in [7, 11) is 0. The number of rotatable bonds is 6. The van der Waals surface area contributed by atoms with E-state index in [9.17, 15) is 0 Å². The fourth-order valence-electron chi connectivity index (χ4n) is 7.81. The first-order chi connectivity index (χ1) is 21.8. The molecule has 0 unspecified atom stereocenters. The molecule has 1 heteroatoms. The molecule has 0 aliphatic heterocycles. The summed E-state index contributed by atoms with van der Waals surface area (Å²) in [5, 5.41) is 0. The summed E-state index contributed by atoms with van der Waals surface area (Å²) in [5.41, 5.74) is 8.32. The molecule has 0 atom stereocenters. The van der Waals surface area contributed by atoms with Crippen molar-refractivity contribution >= 4 is 28.1 Å². The van der Waals surface area contributed by atoms with Gasteiger partial charge in [0, 0.05) is 0 Å². The summed E-state index contributed by atoms with van der Waals surface area (Å²) < 4.78 is 0. The maximum atomic E-state index is 16.3. The Morgan fingerprint density at radius 2 is 0.477 bits per heavy atom. The molecule has 2 aliphatic rings. The van der Waals surface area contributed by atoms with Crippen LogP contribution in [-0.2, 0) is 15.6 Å². The van der Waals surface area contributed by atoms with E-state index >= 15 is 4.79 Å². The van der Waals surface area contributed by atoms with Gasteiger partial charge in [0.05, 0.1) is 0 Å². The number of carbonyl (C=O) groups excluding carboxylic acids is 1. The Labute approximate surface area is 258 Å². The van der Waals surface area contributed by atoms with Gasteiger partial charge in [0.15, 0.2) is 5.78 Å². The molecule has 8 rings (SSSR count). The van der Waals surface area contributed by atoms with Gasteiger partial charge in [-0.05, 0) is 55.7 Å². The number of carbonyl (C=O) groups is 1. The minimum atomic E-state index is -1.06. The largest absolute Gasteiger partial charge is 0.296 e. The zero-order valence-electron chi connectivity index (χ0n) is 24.2. The maximum Gasteiger partial charge on any atom is 0.171 e. The van der Waals surface area contributed by atoms with Gasteiger partial charge in [0.1, 0.15) is 10.8 Å². The van der Waals surface area contributed by atoms with Crippen molar-refractivity contribution in [2.75, 3.05) is 0 Å². The molecule has 0 amide bonds. The highest BCUT2D eigenvalue weighted by Gasteiger charge is 2.72. The van der Waals surface area contributed by atoms with Crippen molar-refractivity contribution in [3.8, 4) is 0 Å². The van der Waals surface area contributed by atoms with Crippen LogP contribution in [0, 0.1) is 0 Å². The molecule has 208 valence electrons. The minimum absolute atomic E-state index is 0.179. The number of hydrogen-bond acceptors (Lipinski definition) is 1. The van der Waals surface area contributed by atoms with Gasteiger partial charge in [0.25, 0.3) is 0 Å². The Kier molecular flexibility index (Phi) is 6.13. The van der Waals surface area contributed by atoms with Crippen LogP contribution in [0.15, 0.2) is 182 Å². The third-order valence-electron chi connectivity index (χ3n) is 9.34. The quantitative estimate of drug-likeness (QED) is 0.197. The lowest BCUT2D eigenvalue weighted by atomic mass is 9.62. The monoisotopic (exact) mass is 562 g/mol. The van der Waals surface area contributed by atoms with Crippen LogP contribution in [0.5, 0.6) is 0 Å². The SMILES string of the molecule is O=C1C2(c3ccccc3)C(c3ccccc3)=C(c3ccccc3)C1(c1ccccc1)C(c1ccccc1)=C2c1ccccc1. The maximum absolute atomic E-state index is 16.3. The summed E-state index contributed by atoms with van der Waals surface area (Å²) >= 11 is 0. The van der Waals surface area contributed by atoms with Gasteiger partial charge in [-0.15, -0.1) is 0 Å². The molecule has 0 N–H and O–H groups in total. The van der Waals surface area contributed by atoms with Crippen molar-refractivity contribution in [2.45, 2.75) is 10.8 Å². The van der Waals surface area contributed by atoms with E-state index in [0.717, 1.165) is 55.7 Å². The molecule has 6 aromatic carbocycles. The second-order valence-electron chi connectivity index (χ2n) is 11.5. The van der Waals surface area contributed by atoms with E-state index in [-0.39, 0.29) is 5.78 Å². The van der Waals surface area contributed by atoms with Crippen molar-refractivity contribution < 1.29 is 4.79 Å². The third-order valence-corrected chi connectivity index (χ3v) is 9.34. The lowest BCUT2D eigenvalue weighted by Gasteiger charge is -2.38. The molecule has 44 heavy (non-hydrogen) atoms. The highest BCUT2D eigenvalue weighted by atomic mass is 16.1. The van der Waals surface area contributed by atoms with E-state index in [1.165, 1.54) is 0 Å². The lowest BCUT2D eigenvalue weighted by molar-refractivity contribution is -0.121. The summed E-state index contributed by atoms with van der Waals surface area (Å²) in [5.74, 6) is 0.179. The van der Waals surface area contributed by atoms with Gasteiger partial charge in [-0.1, -0.05) is 182 Å². The second kappa shape index (κ2) is 10.3. The van der Waals surface area contributed by atoms with E-state index in [1.807, 2.05) is 36.4 Å². The number of ketones is 1. The van der Waals surface area contributed by atoms with Crippen molar-refractivity contribution in [1.82, 2.24) is 0 Å². The highest BCUT2D eigenvalue weighted by molar-refractivity contribution is 6.45. The molecule has 2 aliphatic carbocycles. The Hall–Kier alpha value is -5.53. The Bertz CT molecular complexity index is 1770. The van der Waals surface area contributed by atoms with Gasteiger partial charge in [-0.25, -0.2) is 0 Å². The van der Waals surface area contributed by atoms with Gasteiger partial charge >= 0.3 is 0 Å². The smallest absolute Gasteiger partial charge is 0.171 e. The normalized spacial score (nSPS) is 20.8. The summed E-state index contributed by atoms with van der Waals surface area (Å²) in [4.78, 5) is 16.3. The van der Waals surface area contributed by atoms with E-state index in [0.29, 0.717) is 0 Å². The summed E-state index contributed by atoms with van der Waals surface area (Å²) in [6.07, 6.45) is 0. The lowest BCUT2D eigenvalue weighted by Crippen LogP contribution is -2.38.